The fraction of sp³-hybridized carbons (Fsp3) is 0.500. The van der Waals surface area contributed by atoms with Crippen LogP contribution in [0.4, 0.5) is 0 Å². The lowest BCUT2D eigenvalue weighted by Crippen LogP contribution is -2.51. The van der Waals surface area contributed by atoms with Crippen LogP contribution in [0.1, 0.15) is 0 Å². The Kier molecular flexibility index (Phi) is 3.99. The van der Waals surface area contributed by atoms with Gasteiger partial charge in [0.2, 0.25) is 0 Å². The van der Waals surface area contributed by atoms with Crippen molar-refractivity contribution in [2.75, 3.05) is 33.7 Å². The SMILES string of the molecule is CN1CCN(C)C(Cn2c(=S)[nH]c3ccc(Br)cc32)C1. The van der Waals surface area contributed by atoms with Crippen molar-refractivity contribution in [3.05, 3.63) is 27.4 Å². The highest BCUT2D eigenvalue weighted by Gasteiger charge is 2.23. The number of fused-ring (bicyclic) bond motifs is 1. The maximum Gasteiger partial charge on any atom is 0.178 e. The molecule has 0 bridgehead atoms. The van der Waals surface area contributed by atoms with Crippen LogP contribution in [0, 0.1) is 4.77 Å². The van der Waals surface area contributed by atoms with Crippen LogP contribution < -0.4 is 0 Å². The second kappa shape index (κ2) is 5.60. The number of benzene rings is 1. The van der Waals surface area contributed by atoms with E-state index in [-0.39, 0.29) is 0 Å². The molecule has 1 atom stereocenters. The van der Waals surface area contributed by atoms with Crippen LogP contribution in [-0.4, -0.2) is 59.1 Å². The molecule has 0 spiro atoms. The van der Waals surface area contributed by atoms with Crippen LogP contribution in [0.3, 0.4) is 0 Å². The van der Waals surface area contributed by atoms with Gasteiger partial charge in [-0.15, -0.1) is 0 Å². The van der Waals surface area contributed by atoms with Gasteiger partial charge in [0.1, 0.15) is 0 Å². The van der Waals surface area contributed by atoms with E-state index in [9.17, 15) is 0 Å². The Morgan fingerprint density at radius 3 is 2.95 bits per heavy atom. The van der Waals surface area contributed by atoms with E-state index in [1.54, 1.807) is 0 Å². The van der Waals surface area contributed by atoms with E-state index < -0.39 is 0 Å². The predicted molar refractivity (Wildman–Crippen MR) is 88.7 cm³/mol. The second-order valence-electron chi connectivity index (χ2n) is 5.60. The Hall–Kier alpha value is -0.690. The fourth-order valence-corrected chi connectivity index (χ4v) is 3.45. The Morgan fingerprint density at radius 1 is 1.35 bits per heavy atom. The fourth-order valence-electron chi connectivity index (χ4n) is 2.82. The van der Waals surface area contributed by atoms with Gasteiger partial charge >= 0.3 is 0 Å². The third-order valence-electron chi connectivity index (χ3n) is 4.11. The summed E-state index contributed by atoms with van der Waals surface area (Å²) in [4.78, 5) is 8.11. The number of piperazine rings is 1. The molecule has 4 nitrogen and oxygen atoms in total. The monoisotopic (exact) mass is 354 g/mol. The lowest BCUT2D eigenvalue weighted by atomic mass is 10.2. The number of imidazole rings is 1. The van der Waals surface area contributed by atoms with E-state index in [1.165, 1.54) is 5.52 Å². The van der Waals surface area contributed by atoms with Gasteiger partial charge in [-0.25, -0.2) is 0 Å². The molecular formula is C14H19BrN4S. The lowest BCUT2D eigenvalue weighted by molar-refractivity contribution is 0.103. The molecule has 1 aliphatic rings. The first-order valence-corrected chi connectivity index (χ1v) is 8.01. The van der Waals surface area contributed by atoms with E-state index in [1.807, 2.05) is 6.07 Å². The summed E-state index contributed by atoms with van der Waals surface area (Å²) in [6.45, 7) is 4.26. The maximum atomic E-state index is 5.49. The highest BCUT2D eigenvalue weighted by Crippen LogP contribution is 2.21. The average Bonchev–Trinajstić information content (AvgIpc) is 2.70. The topological polar surface area (TPSA) is 27.2 Å². The molecule has 0 amide bonds. The number of nitrogens with one attached hydrogen (secondary N) is 1. The minimum absolute atomic E-state index is 0.499. The number of nitrogens with zero attached hydrogens (tertiary/aromatic N) is 3. The second-order valence-corrected chi connectivity index (χ2v) is 6.90. The molecule has 0 aliphatic carbocycles. The van der Waals surface area contributed by atoms with Gasteiger partial charge in [-0.1, -0.05) is 15.9 Å². The van der Waals surface area contributed by atoms with Gasteiger partial charge in [-0.05, 0) is 44.5 Å². The molecule has 1 saturated heterocycles. The van der Waals surface area contributed by atoms with Crippen molar-refractivity contribution in [1.29, 1.82) is 0 Å². The number of likely N-dealkylation sites (N-methyl/N-ethyl adjacent to an activating group) is 2. The number of halogens is 1. The molecule has 1 aliphatic heterocycles. The molecule has 2 heterocycles. The molecule has 0 radical (unpaired) electrons. The molecule has 1 aromatic carbocycles. The summed E-state index contributed by atoms with van der Waals surface area (Å²) >= 11 is 9.04. The predicted octanol–water partition coefficient (Wildman–Crippen LogP) is 2.71. The van der Waals surface area contributed by atoms with Crippen LogP contribution in [0.2, 0.25) is 0 Å². The zero-order chi connectivity index (χ0) is 14.3. The maximum absolute atomic E-state index is 5.49. The number of hydrogen-bond donors (Lipinski definition) is 1. The summed E-state index contributed by atoms with van der Waals surface area (Å²) < 4.78 is 4.11. The van der Waals surface area contributed by atoms with Gasteiger partial charge in [0.25, 0.3) is 0 Å². The normalized spacial score (nSPS) is 21.6. The Bertz CT molecular complexity index is 677. The molecule has 6 heteroatoms. The van der Waals surface area contributed by atoms with Gasteiger partial charge in [-0.3, -0.25) is 4.90 Å². The minimum atomic E-state index is 0.499. The molecule has 2 aromatic rings. The molecule has 1 unspecified atom stereocenters. The van der Waals surface area contributed by atoms with Gasteiger partial charge in [0.15, 0.2) is 4.77 Å². The quantitative estimate of drug-likeness (QED) is 0.840. The summed E-state index contributed by atoms with van der Waals surface area (Å²) in [5.41, 5.74) is 2.27. The standard InChI is InChI=1S/C14H19BrN4S/c1-17-5-6-18(2)11(8-17)9-19-13-7-10(15)3-4-12(13)16-14(19)20/h3-4,7,11H,5-6,8-9H2,1-2H3,(H,16,20). The average molecular weight is 355 g/mol. The highest BCUT2D eigenvalue weighted by molar-refractivity contribution is 9.10. The van der Waals surface area contributed by atoms with E-state index in [4.69, 9.17) is 12.2 Å². The first kappa shape index (κ1) is 14.3. The molecule has 108 valence electrons. The van der Waals surface area contributed by atoms with Crippen LogP contribution in [0.15, 0.2) is 22.7 Å². The van der Waals surface area contributed by atoms with E-state index >= 15 is 0 Å². The van der Waals surface area contributed by atoms with Gasteiger partial charge in [0.05, 0.1) is 11.0 Å². The van der Waals surface area contributed by atoms with E-state index in [0.29, 0.717) is 6.04 Å². The summed E-state index contributed by atoms with van der Waals surface area (Å²) in [6.07, 6.45) is 0. The summed E-state index contributed by atoms with van der Waals surface area (Å²) in [7, 11) is 4.39. The smallest absolute Gasteiger partial charge is 0.178 e. The lowest BCUT2D eigenvalue weighted by Gasteiger charge is -2.37. The van der Waals surface area contributed by atoms with Crippen LogP contribution in [-0.2, 0) is 6.54 Å². The number of rotatable bonds is 2. The minimum Gasteiger partial charge on any atom is -0.331 e. The van der Waals surface area contributed by atoms with Crippen molar-refractivity contribution in [2.24, 2.45) is 0 Å². The highest BCUT2D eigenvalue weighted by atomic mass is 79.9. The summed E-state index contributed by atoms with van der Waals surface area (Å²) in [6, 6.07) is 6.74. The van der Waals surface area contributed by atoms with Gasteiger partial charge in [-0.2, -0.15) is 0 Å². The molecule has 0 saturated carbocycles. The third kappa shape index (κ3) is 2.70. The zero-order valence-corrected chi connectivity index (χ0v) is 14.2. The Morgan fingerprint density at radius 2 is 2.15 bits per heavy atom. The number of aromatic nitrogens is 2. The number of H-pyrrole nitrogens is 1. The van der Waals surface area contributed by atoms with Gasteiger partial charge < -0.3 is 14.5 Å². The molecule has 20 heavy (non-hydrogen) atoms. The summed E-state index contributed by atoms with van der Waals surface area (Å²) in [5.74, 6) is 0. The van der Waals surface area contributed by atoms with Crippen molar-refractivity contribution in [2.45, 2.75) is 12.6 Å². The van der Waals surface area contributed by atoms with Crippen molar-refractivity contribution >= 4 is 39.2 Å². The largest absolute Gasteiger partial charge is 0.331 e. The summed E-state index contributed by atoms with van der Waals surface area (Å²) in [5, 5.41) is 0. The molecule has 3 rings (SSSR count). The molecular weight excluding hydrogens is 336 g/mol. The van der Waals surface area contributed by atoms with Crippen LogP contribution in [0.25, 0.3) is 11.0 Å². The Labute approximate surface area is 132 Å². The van der Waals surface area contributed by atoms with Crippen molar-refractivity contribution < 1.29 is 0 Å². The zero-order valence-electron chi connectivity index (χ0n) is 11.8. The third-order valence-corrected chi connectivity index (χ3v) is 4.93. The van der Waals surface area contributed by atoms with E-state index in [2.05, 4.69) is 61.5 Å². The van der Waals surface area contributed by atoms with E-state index in [0.717, 1.165) is 40.9 Å². The van der Waals surface area contributed by atoms with Crippen molar-refractivity contribution in [3.8, 4) is 0 Å². The van der Waals surface area contributed by atoms with Gasteiger partial charge in [0, 0.05) is 36.7 Å². The Balaban J connectivity index is 1.95. The van der Waals surface area contributed by atoms with Crippen molar-refractivity contribution in [3.63, 3.8) is 0 Å². The van der Waals surface area contributed by atoms with Crippen LogP contribution >= 0.6 is 28.1 Å². The van der Waals surface area contributed by atoms with Crippen molar-refractivity contribution in [1.82, 2.24) is 19.4 Å². The number of aromatic amines is 1. The molecule has 1 aromatic heterocycles. The number of hydrogen-bond acceptors (Lipinski definition) is 3. The first-order valence-electron chi connectivity index (χ1n) is 6.81. The molecule has 1 fully saturated rings. The van der Waals surface area contributed by atoms with Crippen LogP contribution in [0.5, 0.6) is 0 Å². The molecule has 1 N–H and O–H groups in total. The first-order chi connectivity index (χ1) is 9.54.